The number of hydrogen-bond acceptors (Lipinski definition) is 3. The number of hydrogen-bond donors (Lipinski definition) is 4. The highest BCUT2D eigenvalue weighted by atomic mass is 16.2. The summed E-state index contributed by atoms with van der Waals surface area (Å²) in [5, 5.41) is 8.45. The third kappa shape index (κ3) is 3.61. The Kier molecular flexibility index (Phi) is 4.22. The summed E-state index contributed by atoms with van der Waals surface area (Å²) in [6.45, 7) is 1.67. The first-order valence-corrected chi connectivity index (χ1v) is 6.35. The normalized spacial score (nSPS) is 13.1. The van der Waals surface area contributed by atoms with Crippen molar-refractivity contribution in [2.75, 3.05) is 25.0 Å². The molecule has 1 aliphatic rings. The minimum atomic E-state index is -0.589. The Labute approximate surface area is 111 Å². The first-order valence-electron chi connectivity index (χ1n) is 6.35. The molecule has 19 heavy (non-hydrogen) atoms. The van der Waals surface area contributed by atoms with E-state index in [-0.39, 0.29) is 5.91 Å². The third-order valence-electron chi connectivity index (χ3n) is 3.02. The average molecular weight is 262 g/mol. The SMILES string of the molecule is NC(=O)NCCNC(=O)c1ccc2c(c1)CCCN2. The van der Waals surface area contributed by atoms with E-state index in [1.165, 1.54) is 5.56 Å². The zero-order chi connectivity index (χ0) is 13.7. The van der Waals surface area contributed by atoms with Gasteiger partial charge < -0.3 is 21.7 Å². The fourth-order valence-corrected chi connectivity index (χ4v) is 2.08. The van der Waals surface area contributed by atoms with Crippen molar-refractivity contribution in [1.82, 2.24) is 10.6 Å². The summed E-state index contributed by atoms with van der Waals surface area (Å²) in [7, 11) is 0. The summed E-state index contributed by atoms with van der Waals surface area (Å²) in [5.41, 5.74) is 7.85. The van der Waals surface area contributed by atoms with Gasteiger partial charge in [-0.2, -0.15) is 0 Å². The lowest BCUT2D eigenvalue weighted by Gasteiger charge is -2.18. The molecule has 0 bridgehead atoms. The molecule has 2 rings (SSSR count). The van der Waals surface area contributed by atoms with Crippen LogP contribution in [0, 0.1) is 0 Å². The van der Waals surface area contributed by atoms with Gasteiger partial charge in [0.05, 0.1) is 0 Å². The van der Waals surface area contributed by atoms with E-state index in [4.69, 9.17) is 5.73 Å². The second-order valence-electron chi connectivity index (χ2n) is 4.45. The number of benzene rings is 1. The second kappa shape index (κ2) is 6.08. The molecular formula is C13H18N4O2. The van der Waals surface area contributed by atoms with E-state index in [0.29, 0.717) is 18.7 Å². The van der Waals surface area contributed by atoms with Crippen LogP contribution in [0.5, 0.6) is 0 Å². The van der Waals surface area contributed by atoms with Gasteiger partial charge in [-0.3, -0.25) is 4.79 Å². The molecular weight excluding hydrogens is 244 g/mol. The van der Waals surface area contributed by atoms with E-state index in [2.05, 4.69) is 16.0 Å². The summed E-state index contributed by atoms with van der Waals surface area (Å²) in [4.78, 5) is 22.4. The number of urea groups is 1. The van der Waals surface area contributed by atoms with Gasteiger partial charge >= 0.3 is 6.03 Å². The number of nitrogens with two attached hydrogens (primary N) is 1. The molecule has 1 heterocycles. The Bertz CT molecular complexity index is 488. The van der Waals surface area contributed by atoms with Crippen LogP contribution in [0.4, 0.5) is 10.5 Å². The maximum absolute atomic E-state index is 11.9. The first kappa shape index (κ1) is 13.2. The van der Waals surface area contributed by atoms with Crippen molar-refractivity contribution in [2.45, 2.75) is 12.8 Å². The Morgan fingerprint density at radius 1 is 1.26 bits per heavy atom. The minimum absolute atomic E-state index is 0.139. The van der Waals surface area contributed by atoms with Crippen LogP contribution < -0.4 is 21.7 Å². The fourth-order valence-electron chi connectivity index (χ4n) is 2.08. The third-order valence-corrected chi connectivity index (χ3v) is 3.02. The minimum Gasteiger partial charge on any atom is -0.385 e. The average Bonchev–Trinajstić information content (AvgIpc) is 2.42. The van der Waals surface area contributed by atoms with Crippen molar-refractivity contribution >= 4 is 17.6 Å². The van der Waals surface area contributed by atoms with Crippen molar-refractivity contribution in [3.8, 4) is 0 Å². The van der Waals surface area contributed by atoms with Crippen molar-refractivity contribution in [2.24, 2.45) is 5.73 Å². The fraction of sp³-hybridized carbons (Fsp3) is 0.385. The van der Waals surface area contributed by atoms with Gasteiger partial charge in [0.2, 0.25) is 0 Å². The molecule has 0 aliphatic carbocycles. The topological polar surface area (TPSA) is 96.2 Å². The van der Waals surface area contributed by atoms with E-state index in [9.17, 15) is 9.59 Å². The molecule has 0 saturated heterocycles. The highest BCUT2D eigenvalue weighted by Gasteiger charge is 2.12. The summed E-state index contributed by atoms with van der Waals surface area (Å²) in [6.07, 6.45) is 2.08. The number of primary amides is 1. The second-order valence-corrected chi connectivity index (χ2v) is 4.45. The van der Waals surface area contributed by atoms with E-state index in [1.54, 1.807) is 6.07 Å². The van der Waals surface area contributed by atoms with E-state index >= 15 is 0 Å². The lowest BCUT2D eigenvalue weighted by Crippen LogP contribution is -2.37. The van der Waals surface area contributed by atoms with Crippen LogP contribution in [0.3, 0.4) is 0 Å². The number of carbonyl (C=O) groups excluding carboxylic acids is 2. The molecule has 0 saturated carbocycles. The van der Waals surface area contributed by atoms with Crippen LogP contribution in [0.15, 0.2) is 18.2 Å². The van der Waals surface area contributed by atoms with Crippen molar-refractivity contribution in [3.63, 3.8) is 0 Å². The number of aryl methyl sites for hydroxylation is 1. The largest absolute Gasteiger partial charge is 0.385 e. The molecule has 0 spiro atoms. The van der Waals surface area contributed by atoms with Crippen molar-refractivity contribution in [1.29, 1.82) is 0 Å². The van der Waals surface area contributed by atoms with E-state index in [1.807, 2.05) is 12.1 Å². The van der Waals surface area contributed by atoms with E-state index < -0.39 is 6.03 Å². The van der Waals surface area contributed by atoms with Crippen LogP contribution >= 0.6 is 0 Å². The molecule has 5 N–H and O–H groups in total. The molecule has 6 nitrogen and oxygen atoms in total. The maximum atomic E-state index is 11.9. The molecule has 0 atom stereocenters. The van der Waals surface area contributed by atoms with Crippen LogP contribution in [0.25, 0.3) is 0 Å². The molecule has 3 amide bonds. The summed E-state index contributed by atoms with van der Waals surface area (Å²) in [6, 6.07) is 5.06. The summed E-state index contributed by atoms with van der Waals surface area (Å²) in [5.74, 6) is -0.139. The zero-order valence-electron chi connectivity index (χ0n) is 10.7. The van der Waals surface area contributed by atoms with Gasteiger partial charge in [-0.15, -0.1) is 0 Å². The summed E-state index contributed by atoms with van der Waals surface area (Å²) < 4.78 is 0. The van der Waals surface area contributed by atoms with Crippen LogP contribution in [0.2, 0.25) is 0 Å². The molecule has 0 fully saturated rings. The quantitative estimate of drug-likeness (QED) is 0.593. The van der Waals surface area contributed by atoms with Crippen LogP contribution in [-0.2, 0) is 6.42 Å². The van der Waals surface area contributed by atoms with Gasteiger partial charge in [0, 0.05) is 30.9 Å². The van der Waals surface area contributed by atoms with E-state index in [0.717, 1.165) is 25.1 Å². The molecule has 0 radical (unpaired) electrons. The highest BCUT2D eigenvalue weighted by Crippen LogP contribution is 2.22. The number of rotatable bonds is 4. The van der Waals surface area contributed by atoms with Crippen LogP contribution in [0.1, 0.15) is 22.3 Å². The molecule has 0 unspecified atom stereocenters. The van der Waals surface area contributed by atoms with Crippen molar-refractivity contribution in [3.05, 3.63) is 29.3 Å². The number of carbonyl (C=O) groups is 2. The Morgan fingerprint density at radius 3 is 2.84 bits per heavy atom. The molecule has 102 valence electrons. The standard InChI is InChI=1S/C13H18N4O2/c14-13(19)17-7-6-16-12(18)10-3-4-11-9(8-10)2-1-5-15-11/h3-4,8,15H,1-2,5-7H2,(H,16,18)(H3,14,17,19). The Hall–Kier alpha value is -2.24. The number of anilines is 1. The number of nitrogens with one attached hydrogen (secondary N) is 3. The molecule has 0 aromatic heterocycles. The lowest BCUT2D eigenvalue weighted by molar-refractivity contribution is 0.0954. The predicted molar refractivity (Wildman–Crippen MR) is 73.2 cm³/mol. The predicted octanol–water partition coefficient (Wildman–Crippen LogP) is 0.443. The highest BCUT2D eigenvalue weighted by molar-refractivity contribution is 5.95. The molecule has 1 aromatic carbocycles. The Balaban J connectivity index is 1.90. The molecule has 6 heteroatoms. The van der Waals surface area contributed by atoms with Gasteiger partial charge in [0.25, 0.3) is 5.91 Å². The van der Waals surface area contributed by atoms with Gasteiger partial charge in [0.15, 0.2) is 0 Å². The van der Waals surface area contributed by atoms with Gasteiger partial charge in [-0.05, 0) is 36.6 Å². The van der Waals surface area contributed by atoms with Gasteiger partial charge in [0.1, 0.15) is 0 Å². The monoisotopic (exact) mass is 262 g/mol. The number of fused-ring (bicyclic) bond motifs is 1. The number of amides is 3. The van der Waals surface area contributed by atoms with Crippen molar-refractivity contribution < 1.29 is 9.59 Å². The zero-order valence-corrected chi connectivity index (χ0v) is 10.7. The first-order chi connectivity index (χ1) is 9.16. The molecule has 1 aliphatic heterocycles. The smallest absolute Gasteiger partial charge is 0.312 e. The Morgan fingerprint density at radius 2 is 2.05 bits per heavy atom. The lowest BCUT2D eigenvalue weighted by atomic mass is 10.0. The maximum Gasteiger partial charge on any atom is 0.312 e. The molecule has 1 aromatic rings. The van der Waals surface area contributed by atoms with Crippen LogP contribution in [-0.4, -0.2) is 31.6 Å². The van der Waals surface area contributed by atoms with Gasteiger partial charge in [-0.25, -0.2) is 4.79 Å². The van der Waals surface area contributed by atoms with Gasteiger partial charge in [-0.1, -0.05) is 0 Å². The summed E-state index contributed by atoms with van der Waals surface area (Å²) >= 11 is 0.